The number of aryl methyl sites for hydroxylation is 1. The molecule has 0 saturated heterocycles. The summed E-state index contributed by atoms with van der Waals surface area (Å²) in [6, 6.07) is 1.58. The highest BCUT2D eigenvalue weighted by Gasteiger charge is 2.23. The first-order valence-electron chi connectivity index (χ1n) is 4.90. The van der Waals surface area contributed by atoms with E-state index in [0.717, 1.165) is 0 Å². The molecule has 5 nitrogen and oxygen atoms in total. The molecule has 8 heteroatoms. The monoisotopic (exact) mass is 310 g/mol. The molecular weight excluding hydrogens is 299 g/mol. The number of halogens is 2. The predicted octanol–water partition coefficient (Wildman–Crippen LogP) is 1.37. The predicted molar refractivity (Wildman–Crippen MR) is 70.3 cm³/mol. The van der Waals surface area contributed by atoms with Gasteiger partial charge in [-0.1, -0.05) is 23.2 Å². The van der Waals surface area contributed by atoms with Crippen molar-refractivity contribution in [1.29, 1.82) is 0 Å². The van der Waals surface area contributed by atoms with Crippen LogP contribution in [0.5, 0.6) is 0 Å². The fraction of sp³-hybridized carbons (Fsp3) is 0.300. The van der Waals surface area contributed by atoms with Gasteiger partial charge >= 0.3 is 0 Å². The van der Waals surface area contributed by atoms with Crippen molar-refractivity contribution in [2.45, 2.75) is 18.7 Å². The molecule has 0 radical (unpaired) electrons. The van der Waals surface area contributed by atoms with Gasteiger partial charge in [-0.15, -0.1) is 0 Å². The number of hydrogen-bond donors (Lipinski definition) is 2. The topological polar surface area (TPSA) is 89.3 Å². The van der Waals surface area contributed by atoms with Crippen molar-refractivity contribution in [2.24, 2.45) is 5.73 Å². The molecule has 0 spiro atoms. The van der Waals surface area contributed by atoms with Crippen molar-refractivity contribution in [3.8, 4) is 0 Å². The minimum absolute atomic E-state index is 0.0777. The molecule has 0 saturated carbocycles. The van der Waals surface area contributed by atoms with Crippen molar-refractivity contribution in [1.82, 2.24) is 4.72 Å². The third-order valence-electron chi connectivity index (χ3n) is 2.29. The number of nitrogens with one attached hydrogen (secondary N) is 1. The number of carbonyl (C=O) groups is 1. The Balaban J connectivity index is 3.36. The fourth-order valence-corrected chi connectivity index (χ4v) is 3.57. The third kappa shape index (κ3) is 3.14. The molecule has 0 aromatic heterocycles. The van der Waals surface area contributed by atoms with Gasteiger partial charge in [-0.3, -0.25) is 4.79 Å². The standard InChI is InChI=1S/C10H12Cl2N2O3S/c1-5-3-7(11)6(2)10(9(5)12)18(16,17)14-4-8(13)15/h3,14H,4H2,1-2H3,(H2,13,15). The van der Waals surface area contributed by atoms with E-state index in [1.54, 1.807) is 13.0 Å². The first-order valence-corrected chi connectivity index (χ1v) is 7.14. The minimum Gasteiger partial charge on any atom is -0.369 e. The van der Waals surface area contributed by atoms with Gasteiger partial charge in [0.05, 0.1) is 11.6 Å². The van der Waals surface area contributed by atoms with Crippen LogP contribution in [0.2, 0.25) is 10.0 Å². The zero-order valence-corrected chi connectivity index (χ0v) is 12.1. The summed E-state index contributed by atoms with van der Waals surface area (Å²) < 4.78 is 26.1. The number of primary amides is 1. The second-order valence-corrected chi connectivity index (χ2v) is 6.22. The lowest BCUT2D eigenvalue weighted by atomic mass is 10.2. The zero-order valence-electron chi connectivity index (χ0n) is 9.75. The van der Waals surface area contributed by atoms with Gasteiger partial charge in [0.25, 0.3) is 0 Å². The number of rotatable bonds is 4. The number of carbonyl (C=O) groups excluding carboxylic acids is 1. The lowest BCUT2D eigenvalue weighted by Gasteiger charge is -2.13. The van der Waals surface area contributed by atoms with Crippen LogP contribution in [0.25, 0.3) is 0 Å². The molecule has 0 fully saturated rings. The minimum atomic E-state index is -3.93. The SMILES string of the molecule is Cc1cc(Cl)c(C)c(S(=O)(=O)NCC(N)=O)c1Cl. The van der Waals surface area contributed by atoms with Gasteiger partial charge in [-0.05, 0) is 31.0 Å². The summed E-state index contributed by atoms with van der Waals surface area (Å²) in [4.78, 5) is 10.5. The third-order valence-corrected chi connectivity index (χ3v) is 4.86. The van der Waals surface area contributed by atoms with E-state index in [1.165, 1.54) is 6.92 Å². The van der Waals surface area contributed by atoms with E-state index in [9.17, 15) is 13.2 Å². The average molecular weight is 311 g/mol. The molecule has 1 aromatic rings. The summed E-state index contributed by atoms with van der Waals surface area (Å²) in [5, 5.41) is 0.366. The fourth-order valence-electron chi connectivity index (χ4n) is 1.37. The molecular formula is C10H12Cl2N2O3S. The Bertz CT molecular complexity index is 573. The highest BCUT2D eigenvalue weighted by molar-refractivity contribution is 7.89. The van der Waals surface area contributed by atoms with Crippen LogP contribution in [0.4, 0.5) is 0 Å². The average Bonchev–Trinajstić information content (AvgIpc) is 2.24. The van der Waals surface area contributed by atoms with Crippen LogP contribution in [0, 0.1) is 13.8 Å². The second-order valence-electron chi connectivity index (χ2n) is 3.73. The first-order chi connectivity index (χ1) is 8.16. The van der Waals surface area contributed by atoms with E-state index >= 15 is 0 Å². The zero-order chi connectivity index (χ0) is 14.1. The van der Waals surface area contributed by atoms with E-state index in [1.807, 2.05) is 0 Å². The summed E-state index contributed by atoms with van der Waals surface area (Å²) in [7, 11) is -3.93. The maximum absolute atomic E-state index is 12.0. The number of hydrogen-bond acceptors (Lipinski definition) is 3. The first kappa shape index (κ1) is 15.2. The Morgan fingerprint density at radius 2 is 1.94 bits per heavy atom. The van der Waals surface area contributed by atoms with Gasteiger partial charge in [0.2, 0.25) is 15.9 Å². The molecule has 0 aliphatic rings. The molecule has 3 N–H and O–H groups in total. The molecule has 0 atom stereocenters. The highest BCUT2D eigenvalue weighted by atomic mass is 35.5. The number of sulfonamides is 1. The molecule has 0 heterocycles. The van der Waals surface area contributed by atoms with Crippen molar-refractivity contribution in [3.63, 3.8) is 0 Å². The van der Waals surface area contributed by atoms with Crippen LogP contribution in [0.1, 0.15) is 11.1 Å². The molecule has 0 aliphatic carbocycles. The second kappa shape index (κ2) is 5.44. The maximum Gasteiger partial charge on any atom is 0.242 e. The molecule has 0 aliphatic heterocycles. The van der Waals surface area contributed by atoms with Crippen molar-refractivity contribution < 1.29 is 13.2 Å². The lowest BCUT2D eigenvalue weighted by Crippen LogP contribution is -2.33. The Hall–Kier alpha value is -0.820. The van der Waals surface area contributed by atoms with Gasteiger partial charge < -0.3 is 5.73 Å². The van der Waals surface area contributed by atoms with Crippen LogP contribution >= 0.6 is 23.2 Å². The van der Waals surface area contributed by atoms with Crippen molar-refractivity contribution in [2.75, 3.05) is 6.54 Å². The highest BCUT2D eigenvalue weighted by Crippen LogP contribution is 2.33. The molecule has 1 aromatic carbocycles. The molecule has 100 valence electrons. The van der Waals surface area contributed by atoms with Crippen LogP contribution in [-0.4, -0.2) is 20.9 Å². The van der Waals surface area contributed by atoms with Gasteiger partial charge in [0.15, 0.2) is 0 Å². The van der Waals surface area contributed by atoms with Gasteiger partial charge in [-0.25, -0.2) is 13.1 Å². The van der Waals surface area contributed by atoms with E-state index in [2.05, 4.69) is 4.72 Å². The van der Waals surface area contributed by atoms with Crippen LogP contribution < -0.4 is 10.5 Å². The molecule has 1 rings (SSSR count). The molecule has 1 amide bonds. The summed E-state index contributed by atoms with van der Waals surface area (Å²) in [5.74, 6) is -0.786. The summed E-state index contributed by atoms with van der Waals surface area (Å²) in [6.45, 7) is 2.68. The van der Waals surface area contributed by atoms with Crippen LogP contribution in [0.15, 0.2) is 11.0 Å². The molecule has 18 heavy (non-hydrogen) atoms. The number of benzene rings is 1. The van der Waals surface area contributed by atoms with Gasteiger partial charge in [0.1, 0.15) is 4.90 Å². The Labute approximate surface area is 115 Å². The molecule has 0 bridgehead atoms. The Morgan fingerprint density at radius 3 is 2.44 bits per heavy atom. The number of amides is 1. The number of nitrogens with two attached hydrogens (primary N) is 1. The van der Waals surface area contributed by atoms with Crippen LogP contribution in [-0.2, 0) is 14.8 Å². The van der Waals surface area contributed by atoms with E-state index in [-0.39, 0.29) is 14.9 Å². The van der Waals surface area contributed by atoms with E-state index in [4.69, 9.17) is 28.9 Å². The van der Waals surface area contributed by atoms with E-state index in [0.29, 0.717) is 11.1 Å². The van der Waals surface area contributed by atoms with Gasteiger partial charge in [0, 0.05) is 5.02 Å². The normalized spacial score (nSPS) is 11.6. The van der Waals surface area contributed by atoms with Crippen molar-refractivity contribution >= 4 is 39.1 Å². The largest absolute Gasteiger partial charge is 0.369 e. The summed E-state index contributed by atoms with van der Waals surface area (Å²) in [6.07, 6.45) is 0. The summed E-state index contributed by atoms with van der Waals surface area (Å²) >= 11 is 11.9. The van der Waals surface area contributed by atoms with Crippen molar-refractivity contribution in [3.05, 3.63) is 27.2 Å². The Kier molecular flexibility index (Phi) is 4.61. The van der Waals surface area contributed by atoms with Gasteiger partial charge in [-0.2, -0.15) is 0 Å². The molecule has 0 unspecified atom stereocenters. The Morgan fingerprint density at radius 1 is 1.39 bits per heavy atom. The maximum atomic E-state index is 12.0. The lowest BCUT2D eigenvalue weighted by molar-refractivity contribution is -0.116. The van der Waals surface area contributed by atoms with Crippen LogP contribution in [0.3, 0.4) is 0 Å². The summed E-state index contributed by atoms with van der Waals surface area (Å²) in [5.41, 5.74) is 5.75. The quantitative estimate of drug-likeness (QED) is 0.880. The van der Waals surface area contributed by atoms with E-state index < -0.39 is 22.5 Å². The smallest absolute Gasteiger partial charge is 0.242 e.